The van der Waals surface area contributed by atoms with Crippen molar-refractivity contribution in [3.8, 4) is 0 Å². The van der Waals surface area contributed by atoms with Gasteiger partial charge in [0.2, 0.25) is 0 Å². The van der Waals surface area contributed by atoms with Crippen molar-refractivity contribution in [1.82, 2.24) is 10.2 Å². The molecule has 0 radical (unpaired) electrons. The van der Waals surface area contributed by atoms with Gasteiger partial charge < -0.3 is 4.90 Å². The molecule has 0 heterocycles. The molecule has 0 aliphatic heterocycles. The zero-order valence-corrected chi connectivity index (χ0v) is 15.5. The van der Waals surface area contributed by atoms with Crippen LogP contribution in [0.15, 0.2) is 18.2 Å². The summed E-state index contributed by atoms with van der Waals surface area (Å²) >= 11 is 7.63. The highest BCUT2D eigenvalue weighted by molar-refractivity contribution is 14.1. The van der Waals surface area contributed by atoms with Gasteiger partial charge in [-0.2, -0.15) is 0 Å². The van der Waals surface area contributed by atoms with E-state index in [9.17, 15) is 4.79 Å². The van der Waals surface area contributed by atoms with Crippen molar-refractivity contribution in [1.29, 1.82) is 0 Å². The van der Waals surface area contributed by atoms with Gasteiger partial charge in [-0.05, 0) is 72.3 Å². The molecule has 0 atom stereocenters. The zero-order chi connectivity index (χ0) is 15.4. The third kappa shape index (κ3) is 4.39. The summed E-state index contributed by atoms with van der Waals surface area (Å²) < 4.78 is 1.09. The molecule has 1 saturated carbocycles. The van der Waals surface area contributed by atoms with Gasteiger partial charge in [0.25, 0.3) is 5.91 Å². The smallest absolute Gasteiger partial charge is 0.257 e. The lowest BCUT2D eigenvalue weighted by molar-refractivity contribution is 0.0971. The van der Waals surface area contributed by atoms with E-state index in [1.165, 1.54) is 24.8 Å². The van der Waals surface area contributed by atoms with Gasteiger partial charge >= 0.3 is 0 Å². The first kappa shape index (κ1) is 16.7. The molecule has 114 valence electrons. The van der Waals surface area contributed by atoms with Crippen LogP contribution in [0.1, 0.15) is 48.0 Å². The van der Waals surface area contributed by atoms with Crippen molar-refractivity contribution in [2.75, 3.05) is 7.05 Å². The molecule has 1 amide bonds. The fourth-order valence-electron chi connectivity index (χ4n) is 2.63. The minimum absolute atomic E-state index is 0.124. The number of nitrogens with zero attached hydrogens (tertiary/aromatic N) is 1. The molecule has 0 unspecified atom stereocenters. The molecule has 1 aromatic rings. The first-order chi connectivity index (χ1) is 9.99. The van der Waals surface area contributed by atoms with Gasteiger partial charge in [-0.15, -0.1) is 0 Å². The first-order valence-electron chi connectivity index (χ1n) is 7.33. The SMILES string of the molecule is Cc1ccc(C(=O)NC(=S)N(C)C2CCCCC2)cc1I. The second kappa shape index (κ2) is 7.54. The van der Waals surface area contributed by atoms with Crippen LogP contribution in [0.4, 0.5) is 0 Å². The molecule has 21 heavy (non-hydrogen) atoms. The highest BCUT2D eigenvalue weighted by Crippen LogP contribution is 2.21. The molecule has 1 fully saturated rings. The number of halogens is 1. The van der Waals surface area contributed by atoms with E-state index in [2.05, 4.69) is 27.9 Å². The summed E-state index contributed by atoms with van der Waals surface area (Å²) in [5.41, 5.74) is 1.83. The average molecular weight is 416 g/mol. The van der Waals surface area contributed by atoms with E-state index < -0.39 is 0 Å². The zero-order valence-electron chi connectivity index (χ0n) is 12.5. The van der Waals surface area contributed by atoms with Crippen molar-refractivity contribution in [2.24, 2.45) is 0 Å². The van der Waals surface area contributed by atoms with Crippen molar-refractivity contribution in [3.05, 3.63) is 32.9 Å². The van der Waals surface area contributed by atoms with Gasteiger partial charge in [-0.1, -0.05) is 25.3 Å². The summed E-state index contributed by atoms with van der Waals surface area (Å²) in [4.78, 5) is 14.3. The second-order valence-electron chi connectivity index (χ2n) is 5.63. The van der Waals surface area contributed by atoms with Gasteiger partial charge in [-0.25, -0.2) is 0 Å². The standard InChI is InChI=1S/C16H21IN2OS/c1-11-8-9-12(10-14(11)17)15(20)18-16(21)19(2)13-6-4-3-5-7-13/h8-10,13H,3-7H2,1-2H3,(H,18,20,21). The predicted molar refractivity (Wildman–Crippen MR) is 98.6 cm³/mol. The van der Waals surface area contributed by atoms with Gasteiger partial charge in [0, 0.05) is 22.2 Å². The van der Waals surface area contributed by atoms with Crippen LogP contribution in [0.3, 0.4) is 0 Å². The molecule has 1 N–H and O–H groups in total. The molecule has 2 rings (SSSR count). The monoisotopic (exact) mass is 416 g/mol. The Hall–Kier alpha value is -0.690. The number of amides is 1. The van der Waals surface area contributed by atoms with Crippen LogP contribution in [0.5, 0.6) is 0 Å². The van der Waals surface area contributed by atoms with Crippen molar-refractivity contribution in [2.45, 2.75) is 45.1 Å². The van der Waals surface area contributed by atoms with E-state index in [0.717, 1.165) is 16.4 Å². The van der Waals surface area contributed by atoms with E-state index in [1.807, 2.05) is 37.1 Å². The maximum atomic E-state index is 12.3. The lowest BCUT2D eigenvalue weighted by Crippen LogP contribution is -2.46. The minimum atomic E-state index is -0.124. The number of aryl methyl sites for hydroxylation is 1. The van der Waals surface area contributed by atoms with Crippen LogP contribution in [-0.2, 0) is 0 Å². The van der Waals surface area contributed by atoms with Crippen molar-refractivity contribution >= 4 is 45.8 Å². The Kier molecular flexibility index (Phi) is 5.98. The van der Waals surface area contributed by atoms with Crippen molar-refractivity contribution < 1.29 is 4.79 Å². The molecular weight excluding hydrogens is 395 g/mol. The van der Waals surface area contributed by atoms with E-state index in [1.54, 1.807) is 0 Å². The Balaban J connectivity index is 1.97. The quantitative estimate of drug-likeness (QED) is 0.587. The third-order valence-corrected chi connectivity index (χ3v) is 5.65. The number of nitrogens with one attached hydrogen (secondary N) is 1. The summed E-state index contributed by atoms with van der Waals surface area (Å²) in [5.74, 6) is -0.124. The number of rotatable bonds is 2. The molecule has 0 spiro atoms. The first-order valence-corrected chi connectivity index (χ1v) is 8.82. The predicted octanol–water partition coefficient (Wildman–Crippen LogP) is 3.88. The maximum absolute atomic E-state index is 12.3. The molecule has 1 aliphatic rings. The van der Waals surface area contributed by atoms with E-state index >= 15 is 0 Å². The van der Waals surface area contributed by atoms with Crippen LogP contribution in [-0.4, -0.2) is 29.0 Å². The largest absolute Gasteiger partial charge is 0.349 e. The normalized spacial score (nSPS) is 15.6. The average Bonchev–Trinajstić information content (AvgIpc) is 2.50. The molecule has 0 saturated heterocycles. The summed E-state index contributed by atoms with van der Waals surface area (Å²) in [6, 6.07) is 6.17. The lowest BCUT2D eigenvalue weighted by atomic mass is 9.95. The Morgan fingerprint density at radius 3 is 2.62 bits per heavy atom. The van der Waals surface area contributed by atoms with Crippen LogP contribution in [0.25, 0.3) is 0 Å². The topological polar surface area (TPSA) is 32.3 Å². The van der Waals surface area contributed by atoms with E-state index in [0.29, 0.717) is 16.7 Å². The summed E-state index contributed by atoms with van der Waals surface area (Å²) in [6.45, 7) is 2.03. The lowest BCUT2D eigenvalue weighted by Gasteiger charge is -2.32. The van der Waals surface area contributed by atoms with Crippen LogP contribution in [0, 0.1) is 10.5 Å². The molecule has 1 aliphatic carbocycles. The minimum Gasteiger partial charge on any atom is -0.349 e. The Morgan fingerprint density at radius 1 is 1.33 bits per heavy atom. The van der Waals surface area contributed by atoms with Gasteiger partial charge in [0.05, 0.1) is 0 Å². The molecule has 0 aromatic heterocycles. The highest BCUT2D eigenvalue weighted by atomic mass is 127. The fourth-order valence-corrected chi connectivity index (χ4v) is 3.38. The van der Waals surface area contributed by atoms with Crippen LogP contribution < -0.4 is 5.32 Å². The summed E-state index contributed by atoms with van der Waals surface area (Å²) in [7, 11) is 1.98. The Labute approximate surface area is 145 Å². The molecule has 5 heteroatoms. The third-order valence-electron chi connectivity index (χ3n) is 4.10. The van der Waals surface area contributed by atoms with Gasteiger partial charge in [-0.3, -0.25) is 10.1 Å². The molecule has 0 bridgehead atoms. The summed E-state index contributed by atoms with van der Waals surface area (Å²) in [6.07, 6.45) is 6.14. The van der Waals surface area contributed by atoms with Crippen molar-refractivity contribution in [3.63, 3.8) is 0 Å². The maximum Gasteiger partial charge on any atom is 0.257 e. The second-order valence-corrected chi connectivity index (χ2v) is 7.17. The number of hydrogen-bond donors (Lipinski definition) is 1. The molecule has 3 nitrogen and oxygen atoms in total. The molecular formula is C16H21IN2OS. The van der Waals surface area contributed by atoms with E-state index in [4.69, 9.17) is 12.2 Å². The summed E-state index contributed by atoms with van der Waals surface area (Å²) in [5, 5.41) is 3.39. The fraction of sp³-hybridized carbons (Fsp3) is 0.500. The number of benzene rings is 1. The van der Waals surface area contributed by atoms with Gasteiger partial charge in [0.15, 0.2) is 5.11 Å². The Bertz CT molecular complexity index is 541. The van der Waals surface area contributed by atoms with Crippen LogP contribution in [0.2, 0.25) is 0 Å². The highest BCUT2D eigenvalue weighted by Gasteiger charge is 2.21. The van der Waals surface area contributed by atoms with E-state index in [-0.39, 0.29) is 5.91 Å². The van der Waals surface area contributed by atoms with Gasteiger partial charge in [0.1, 0.15) is 0 Å². The molecule has 1 aromatic carbocycles. The number of hydrogen-bond acceptors (Lipinski definition) is 2. The van der Waals surface area contributed by atoms with Crippen LogP contribution >= 0.6 is 34.8 Å². The number of carbonyl (C=O) groups excluding carboxylic acids is 1. The number of carbonyl (C=O) groups is 1. The number of thiocarbonyl (C=S) groups is 1. The Morgan fingerprint density at radius 2 is 2.00 bits per heavy atom.